The number of rotatable bonds is 4. The highest BCUT2D eigenvalue weighted by Crippen LogP contribution is 2.36. The quantitative estimate of drug-likeness (QED) is 0.372. The molecule has 3 aromatic heterocycles. The lowest BCUT2D eigenvalue weighted by molar-refractivity contribution is 0.0976. The Hall–Kier alpha value is -3.91. The van der Waals surface area contributed by atoms with Crippen LogP contribution in [0.3, 0.4) is 0 Å². The number of nitrogens with one attached hydrogen (secondary N) is 3. The SMILES string of the molecule is Cc1nccn1-c1ccc2c(N[C@H]3CN4CCC3CC4)c(-c3nc4ccccc4[nH]3)c(=O)[nH]c2c1. The molecule has 0 unspecified atom stereocenters. The molecule has 0 aliphatic carbocycles. The fourth-order valence-corrected chi connectivity index (χ4v) is 5.85. The van der Waals surface area contributed by atoms with Crippen LogP contribution in [0.1, 0.15) is 18.7 Å². The van der Waals surface area contributed by atoms with E-state index in [2.05, 4.69) is 37.3 Å². The zero-order valence-corrected chi connectivity index (χ0v) is 19.6. The molecule has 176 valence electrons. The predicted molar refractivity (Wildman–Crippen MR) is 138 cm³/mol. The van der Waals surface area contributed by atoms with Crippen molar-refractivity contribution in [2.45, 2.75) is 25.8 Å². The highest BCUT2D eigenvalue weighted by Gasteiger charge is 2.35. The first kappa shape index (κ1) is 20.5. The molecule has 35 heavy (non-hydrogen) atoms. The van der Waals surface area contributed by atoms with E-state index in [9.17, 15) is 4.79 Å². The number of nitrogens with zero attached hydrogens (tertiary/aromatic N) is 4. The van der Waals surface area contributed by atoms with Crippen molar-refractivity contribution < 1.29 is 0 Å². The Labute approximate surface area is 202 Å². The number of aryl methyl sites for hydroxylation is 1. The molecule has 3 aliphatic heterocycles. The second kappa shape index (κ2) is 7.81. The maximum Gasteiger partial charge on any atom is 0.261 e. The van der Waals surface area contributed by atoms with Gasteiger partial charge in [0.1, 0.15) is 17.2 Å². The number of benzene rings is 2. The topological polar surface area (TPSA) is 94.6 Å². The molecular weight excluding hydrogens is 438 g/mol. The van der Waals surface area contributed by atoms with Crippen LogP contribution in [-0.2, 0) is 0 Å². The van der Waals surface area contributed by atoms with E-state index in [0.717, 1.165) is 45.7 Å². The zero-order chi connectivity index (χ0) is 23.5. The van der Waals surface area contributed by atoms with Crippen molar-refractivity contribution in [3.63, 3.8) is 0 Å². The van der Waals surface area contributed by atoms with E-state index in [-0.39, 0.29) is 5.56 Å². The first-order chi connectivity index (χ1) is 17.1. The minimum Gasteiger partial charge on any atom is -0.379 e. The molecule has 8 nitrogen and oxygen atoms in total. The van der Waals surface area contributed by atoms with Gasteiger partial charge in [-0.05, 0) is 69.1 Å². The third-order valence-corrected chi connectivity index (χ3v) is 7.71. The Morgan fingerprint density at radius 3 is 2.66 bits per heavy atom. The highest BCUT2D eigenvalue weighted by atomic mass is 16.1. The van der Waals surface area contributed by atoms with Crippen LogP contribution in [0.25, 0.3) is 39.0 Å². The maximum atomic E-state index is 13.6. The summed E-state index contributed by atoms with van der Waals surface area (Å²) in [5.74, 6) is 2.11. The zero-order valence-electron chi connectivity index (χ0n) is 19.6. The van der Waals surface area contributed by atoms with E-state index in [1.54, 1.807) is 6.20 Å². The molecule has 2 aromatic carbocycles. The molecule has 0 amide bonds. The third kappa shape index (κ3) is 3.36. The average molecular weight is 466 g/mol. The van der Waals surface area contributed by atoms with Crippen LogP contribution < -0.4 is 10.9 Å². The number of imidazole rings is 2. The molecule has 8 heteroatoms. The van der Waals surface area contributed by atoms with E-state index >= 15 is 0 Å². The first-order valence-corrected chi connectivity index (χ1v) is 12.3. The molecular formula is C27H27N7O. The van der Waals surface area contributed by atoms with Gasteiger partial charge in [0.2, 0.25) is 0 Å². The number of hydrogen-bond acceptors (Lipinski definition) is 5. The fourth-order valence-electron chi connectivity index (χ4n) is 5.85. The van der Waals surface area contributed by atoms with Crippen molar-refractivity contribution in [2.75, 3.05) is 25.0 Å². The molecule has 3 fully saturated rings. The number of pyridine rings is 1. The Balaban J connectivity index is 1.42. The summed E-state index contributed by atoms with van der Waals surface area (Å²) in [4.78, 5) is 31.8. The van der Waals surface area contributed by atoms with Crippen molar-refractivity contribution in [1.82, 2.24) is 29.4 Å². The normalized spacial score (nSPS) is 21.7. The van der Waals surface area contributed by atoms with Gasteiger partial charge in [0.25, 0.3) is 5.56 Å². The van der Waals surface area contributed by atoms with Gasteiger partial charge in [0.05, 0.1) is 22.2 Å². The Bertz CT molecular complexity index is 1590. The lowest BCUT2D eigenvalue weighted by atomic mass is 9.83. The van der Waals surface area contributed by atoms with Crippen LogP contribution in [0.2, 0.25) is 0 Å². The van der Waals surface area contributed by atoms with Gasteiger partial charge < -0.3 is 24.8 Å². The smallest absolute Gasteiger partial charge is 0.261 e. The van der Waals surface area contributed by atoms with Gasteiger partial charge in [-0.1, -0.05) is 12.1 Å². The monoisotopic (exact) mass is 465 g/mol. The summed E-state index contributed by atoms with van der Waals surface area (Å²) in [7, 11) is 0. The Morgan fingerprint density at radius 2 is 1.91 bits per heavy atom. The van der Waals surface area contributed by atoms with Crippen LogP contribution >= 0.6 is 0 Å². The molecule has 8 rings (SSSR count). The Morgan fingerprint density at radius 1 is 1.06 bits per heavy atom. The molecule has 0 saturated carbocycles. The van der Waals surface area contributed by atoms with Gasteiger partial charge in [-0.25, -0.2) is 9.97 Å². The van der Waals surface area contributed by atoms with Crippen LogP contribution in [-0.4, -0.2) is 55.1 Å². The highest BCUT2D eigenvalue weighted by molar-refractivity contribution is 6.00. The summed E-state index contributed by atoms with van der Waals surface area (Å²) >= 11 is 0. The van der Waals surface area contributed by atoms with Crippen molar-refractivity contribution in [2.24, 2.45) is 5.92 Å². The largest absolute Gasteiger partial charge is 0.379 e. The van der Waals surface area contributed by atoms with E-state index < -0.39 is 0 Å². The molecule has 0 radical (unpaired) electrons. The van der Waals surface area contributed by atoms with E-state index in [1.807, 2.05) is 48.0 Å². The average Bonchev–Trinajstić information content (AvgIpc) is 3.50. The molecule has 2 bridgehead atoms. The van der Waals surface area contributed by atoms with Crippen LogP contribution in [0.5, 0.6) is 0 Å². The molecule has 3 N–H and O–H groups in total. The number of piperidine rings is 3. The number of H-pyrrole nitrogens is 2. The second-order valence-electron chi connectivity index (χ2n) is 9.77. The third-order valence-electron chi connectivity index (χ3n) is 7.71. The van der Waals surface area contributed by atoms with E-state index in [0.29, 0.717) is 23.3 Å². The van der Waals surface area contributed by atoms with Gasteiger partial charge in [-0.2, -0.15) is 0 Å². The second-order valence-corrected chi connectivity index (χ2v) is 9.77. The lowest BCUT2D eigenvalue weighted by Gasteiger charge is -2.45. The molecule has 1 atom stereocenters. The number of fused-ring (bicyclic) bond motifs is 5. The summed E-state index contributed by atoms with van der Waals surface area (Å²) in [5.41, 5.74) is 4.80. The summed E-state index contributed by atoms with van der Waals surface area (Å²) in [6.45, 7) is 5.31. The number of para-hydroxylation sites is 2. The molecule has 6 heterocycles. The van der Waals surface area contributed by atoms with Crippen LogP contribution in [0.15, 0.2) is 59.7 Å². The maximum absolute atomic E-state index is 13.6. The minimum absolute atomic E-state index is 0.153. The van der Waals surface area contributed by atoms with Crippen molar-refractivity contribution in [3.05, 3.63) is 71.0 Å². The van der Waals surface area contributed by atoms with Gasteiger partial charge in [0, 0.05) is 36.1 Å². The van der Waals surface area contributed by atoms with Crippen molar-refractivity contribution in [3.8, 4) is 17.1 Å². The number of hydrogen-bond donors (Lipinski definition) is 3. The molecule has 5 aromatic rings. The summed E-state index contributed by atoms with van der Waals surface area (Å²) in [6.07, 6.45) is 6.11. The summed E-state index contributed by atoms with van der Waals surface area (Å²) in [5, 5.41) is 4.82. The van der Waals surface area contributed by atoms with Crippen LogP contribution in [0, 0.1) is 12.8 Å². The molecule has 0 spiro atoms. The van der Waals surface area contributed by atoms with Gasteiger partial charge >= 0.3 is 0 Å². The number of aromatic nitrogens is 5. The first-order valence-electron chi connectivity index (χ1n) is 12.3. The summed E-state index contributed by atoms with van der Waals surface area (Å²) in [6, 6.07) is 14.4. The molecule has 3 saturated heterocycles. The van der Waals surface area contributed by atoms with Crippen molar-refractivity contribution in [1.29, 1.82) is 0 Å². The van der Waals surface area contributed by atoms with Crippen LogP contribution in [0.4, 0.5) is 5.69 Å². The molecule has 3 aliphatic rings. The van der Waals surface area contributed by atoms with Gasteiger partial charge in [-0.3, -0.25) is 4.79 Å². The van der Waals surface area contributed by atoms with Gasteiger partial charge in [-0.15, -0.1) is 0 Å². The number of aromatic amines is 2. The van der Waals surface area contributed by atoms with E-state index in [4.69, 9.17) is 4.98 Å². The predicted octanol–water partition coefficient (Wildman–Crippen LogP) is 4.07. The van der Waals surface area contributed by atoms with E-state index in [1.165, 1.54) is 25.9 Å². The lowest BCUT2D eigenvalue weighted by Crippen LogP contribution is -2.53. The number of anilines is 1. The van der Waals surface area contributed by atoms with Crippen molar-refractivity contribution >= 4 is 27.6 Å². The minimum atomic E-state index is -0.153. The van der Waals surface area contributed by atoms with Gasteiger partial charge in [0.15, 0.2) is 0 Å². The summed E-state index contributed by atoms with van der Waals surface area (Å²) < 4.78 is 2.02. The standard InChI is InChI=1S/C27H27N7O/c1-16-28-10-13-34(16)18-6-7-19-22(14-18)32-27(35)24(26-30-20-4-2-3-5-21(20)31-26)25(19)29-23-15-33-11-8-17(23)9-12-33/h2-7,10,13-14,17,23H,8-9,11-12,15H2,1H3,(H,30,31)(H2,29,32,35)/t23-/m0/s1. The Kier molecular flexibility index (Phi) is 4.57. The fraction of sp³-hybridized carbons (Fsp3) is 0.296.